The Morgan fingerprint density at radius 3 is 2.40 bits per heavy atom. The summed E-state index contributed by atoms with van der Waals surface area (Å²) in [5.41, 5.74) is 3.14. The van der Waals surface area contributed by atoms with Crippen molar-refractivity contribution in [3.63, 3.8) is 0 Å². The molecule has 1 unspecified atom stereocenters. The fourth-order valence-corrected chi connectivity index (χ4v) is 3.67. The number of nitrogens with two attached hydrogens (primary N) is 1. The lowest BCUT2D eigenvalue weighted by molar-refractivity contribution is 0.0585. The lowest BCUT2D eigenvalue weighted by atomic mass is 9.94. The third-order valence-corrected chi connectivity index (χ3v) is 5.22. The molecule has 1 heterocycles. The molecular formula is C13H21N3O3S. The summed E-state index contributed by atoms with van der Waals surface area (Å²) < 4.78 is 32.6. The van der Waals surface area contributed by atoms with E-state index < -0.39 is 10.0 Å². The molecule has 0 aliphatic carbocycles. The van der Waals surface area contributed by atoms with Crippen molar-refractivity contribution in [3.8, 4) is 0 Å². The monoisotopic (exact) mass is 299 g/mol. The van der Waals surface area contributed by atoms with Gasteiger partial charge in [-0.2, -0.15) is 0 Å². The molecule has 0 radical (unpaired) electrons. The Balaban J connectivity index is 2.05. The van der Waals surface area contributed by atoms with Crippen LogP contribution in [-0.2, 0) is 14.8 Å². The van der Waals surface area contributed by atoms with Gasteiger partial charge >= 0.3 is 0 Å². The zero-order valence-electron chi connectivity index (χ0n) is 11.5. The van der Waals surface area contributed by atoms with Crippen molar-refractivity contribution in [2.75, 3.05) is 18.6 Å². The first-order valence-electron chi connectivity index (χ1n) is 6.69. The Bertz CT molecular complexity index is 524. The van der Waals surface area contributed by atoms with Gasteiger partial charge in [-0.25, -0.2) is 13.1 Å². The third-order valence-electron chi connectivity index (χ3n) is 3.65. The lowest BCUT2D eigenvalue weighted by Gasteiger charge is -2.28. The standard InChI is InChI=1S/C13H21N3O3S/c1-10(11-6-8-19-9-7-11)16-20(17,18)13-4-2-12(15-14)3-5-13/h2-5,10-11,15-16H,6-9,14H2,1H3. The minimum absolute atomic E-state index is 0.101. The molecule has 1 aromatic carbocycles. The molecule has 20 heavy (non-hydrogen) atoms. The summed E-state index contributed by atoms with van der Waals surface area (Å²) in [5, 5.41) is 0. The van der Waals surface area contributed by atoms with Gasteiger partial charge in [0.2, 0.25) is 10.0 Å². The quantitative estimate of drug-likeness (QED) is 0.558. The van der Waals surface area contributed by atoms with Crippen LogP contribution in [0.15, 0.2) is 29.2 Å². The van der Waals surface area contributed by atoms with Crippen LogP contribution < -0.4 is 16.0 Å². The Morgan fingerprint density at radius 2 is 1.85 bits per heavy atom. The number of sulfonamides is 1. The number of benzene rings is 1. The predicted molar refractivity (Wildman–Crippen MR) is 77.6 cm³/mol. The molecule has 1 aliphatic rings. The SMILES string of the molecule is CC(NS(=O)(=O)c1ccc(NN)cc1)C1CCOCC1. The normalized spacial score (nSPS) is 18.7. The van der Waals surface area contributed by atoms with Crippen LogP contribution in [0.3, 0.4) is 0 Å². The maximum atomic E-state index is 12.3. The predicted octanol–water partition coefficient (Wildman–Crippen LogP) is 1.07. The van der Waals surface area contributed by atoms with Gasteiger partial charge in [-0.1, -0.05) is 0 Å². The Labute approximate surface area is 119 Å². The van der Waals surface area contributed by atoms with Crippen LogP contribution in [0, 0.1) is 5.92 Å². The molecule has 0 spiro atoms. The molecule has 4 N–H and O–H groups in total. The van der Waals surface area contributed by atoms with Gasteiger partial charge in [0.25, 0.3) is 0 Å². The number of hydrazine groups is 1. The highest BCUT2D eigenvalue weighted by atomic mass is 32.2. The first-order valence-corrected chi connectivity index (χ1v) is 8.18. The summed E-state index contributed by atoms with van der Waals surface area (Å²) in [4.78, 5) is 0.246. The van der Waals surface area contributed by atoms with E-state index in [0.717, 1.165) is 12.8 Å². The average Bonchev–Trinajstić information content (AvgIpc) is 2.48. The summed E-state index contributed by atoms with van der Waals surface area (Å²) in [6.45, 7) is 3.31. The molecule has 2 rings (SSSR count). The molecule has 1 aliphatic heterocycles. The van der Waals surface area contributed by atoms with E-state index in [1.54, 1.807) is 12.1 Å². The second kappa shape index (κ2) is 6.53. The summed E-state index contributed by atoms with van der Waals surface area (Å²) in [6, 6.07) is 6.24. The molecule has 1 aromatic rings. The van der Waals surface area contributed by atoms with Gasteiger partial charge in [-0.05, 0) is 49.9 Å². The van der Waals surface area contributed by atoms with E-state index in [0.29, 0.717) is 24.8 Å². The zero-order valence-corrected chi connectivity index (χ0v) is 12.3. The second-order valence-corrected chi connectivity index (χ2v) is 6.74. The zero-order chi connectivity index (χ0) is 14.6. The molecule has 1 atom stereocenters. The van der Waals surface area contributed by atoms with Gasteiger partial charge in [0.05, 0.1) is 4.90 Å². The molecular weight excluding hydrogens is 278 g/mol. The van der Waals surface area contributed by atoms with Gasteiger partial charge in [0, 0.05) is 24.9 Å². The fourth-order valence-electron chi connectivity index (χ4n) is 2.36. The molecule has 1 fully saturated rings. The highest BCUT2D eigenvalue weighted by Gasteiger charge is 2.25. The van der Waals surface area contributed by atoms with E-state index in [1.165, 1.54) is 12.1 Å². The van der Waals surface area contributed by atoms with Crippen LogP contribution in [0.25, 0.3) is 0 Å². The number of nitrogen functional groups attached to an aromatic ring is 1. The van der Waals surface area contributed by atoms with Gasteiger partial charge in [-0.15, -0.1) is 0 Å². The first kappa shape index (κ1) is 15.2. The van der Waals surface area contributed by atoms with E-state index >= 15 is 0 Å². The minimum Gasteiger partial charge on any atom is -0.381 e. The first-order chi connectivity index (χ1) is 9.53. The van der Waals surface area contributed by atoms with Crippen molar-refractivity contribution in [2.45, 2.75) is 30.7 Å². The van der Waals surface area contributed by atoms with Gasteiger partial charge < -0.3 is 10.2 Å². The molecule has 6 nitrogen and oxygen atoms in total. The van der Waals surface area contributed by atoms with Gasteiger partial charge in [0.15, 0.2) is 0 Å². The van der Waals surface area contributed by atoms with Crippen molar-refractivity contribution in [2.24, 2.45) is 11.8 Å². The van der Waals surface area contributed by atoms with E-state index in [9.17, 15) is 8.42 Å². The van der Waals surface area contributed by atoms with Crippen molar-refractivity contribution in [1.29, 1.82) is 0 Å². The smallest absolute Gasteiger partial charge is 0.240 e. The van der Waals surface area contributed by atoms with Crippen molar-refractivity contribution >= 4 is 15.7 Å². The molecule has 7 heteroatoms. The van der Waals surface area contributed by atoms with Crippen LogP contribution in [0.1, 0.15) is 19.8 Å². The van der Waals surface area contributed by atoms with Crippen LogP contribution in [0.5, 0.6) is 0 Å². The molecule has 0 aromatic heterocycles. The van der Waals surface area contributed by atoms with Crippen LogP contribution in [-0.4, -0.2) is 27.7 Å². The highest BCUT2D eigenvalue weighted by Crippen LogP contribution is 2.21. The van der Waals surface area contributed by atoms with Gasteiger partial charge in [-0.3, -0.25) is 5.84 Å². The van der Waals surface area contributed by atoms with Crippen LogP contribution in [0.2, 0.25) is 0 Å². The summed E-state index contributed by atoms with van der Waals surface area (Å²) in [5.74, 6) is 5.58. The molecule has 0 bridgehead atoms. The summed E-state index contributed by atoms with van der Waals surface area (Å²) in [6.07, 6.45) is 1.78. The molecule has 112 valence electrons. The Hall–Kier alpha value is -1.15. The van der Waals surface area contributed by atoms with Crippen LogP contribution >= 0.6 is 0 Å². The average molecular weight is 299 g/mol. The number of rotatable bonds is 5. The number of anilines is 1. The third kappa shape index (κ3) is 3.69. The fraction of sp³-hybridized carbons (Fsp3) is 0.538. The second-order valence-electron chi connectivity index (χ2n) is 5.03. The van der Waals surface area contributed by atoms with Crippen molar-refractivity contribution in [1.82, 2.24) is 4.72 Å². The number of nitrogens with one attached hydrogen (secondary N) is 2. The van der Waals surface area contributed by atoms with E-state index in [2.05, 4.69) is 10.1 Å². The number of hydrogen-bond donors (Lipinski definition) is 3. The molecule has 1 saturated heterocycles. The van der Waals surface area contributed by atoms with Crippen molar-refractivity contribution in [3.05, 3.63) is 24.3 Å². The van der Waals surface area contributed by atoms with E-state index in [1.807, 2.05) is 6.92 Å². The largest absolute Gasteiger partial charge is 0.381 e. The molecule has 0 amide bonds. The minimum atomic E-state index is -3.49. The molecule has 0 saturated carbocycles. The maximum absolute atomic E-state index is 12.3. The lowest BCUT2D eigenvalue weighted by Crippen LogP contribution is -2.40. The Kier molecular flexibility index (Phi) is 4.98. The van der Waals surface area contributed by atoms with Crippen LogP contribution in [0.4, 0.5) is 5.69 Å². The Morgan fingerprint density at radius 1 is 1.25 bits per heavy atom. The van der Waals surface area contributed by atoms with Crippen molar-refractivity contribution < 1.29 is 13.2 Å². The maximum Gasteiger partial charge on any atom is 0.240 e. The summed E-state index contributed by atoms with van der Waals surface area (Å²) >= 11 is 0. The van der Waals surface area contributed by atoms with E-state index in [-0.39, 0.29) is 10.9 Å². The topological polar surface area (TPSA) is 93.5 Å². The van der Waals surface area contributed by atoms with E-state index in [4.69, 9.17) is 10.6 Å². The highest BCUT2D eigenvalue weighted by molar-refractivity contribution is 7.89. The number of hydrogen-bond acceptors (Lipinski definition) is 5. The van der Waals surface area contributed by atoms with Gasteiger partial charge in [0.1, 0.15) is 0 Å². The summed E-state index contributed by atoms with van der Waals surface area (Å²) in [7, 11) is -3.49. The number of ether oxygens (including phenoxy) is 1.